The Morgan fingerprint density at radius 2 is 1.94 bits per heavy atom. The molecule has 1 N–H and O–H groups in total. The molecule has 34 heavy (non-hydrogen) atoms. The van der Waals surface area contributed by atoms with Crippen LogP contribution in [0.15, 0.2) is 72.1 Å². The zero-order valence-electron chi connectivity index (χ0n) is 19.3. The molecule has 4 rings (SSSR count). The van der Waals surface area contributed by atoms with E-state index in [-0.39, 0.29) is 29.9 Å². The second kappa shape index (κ2) is 10.6. The van der Waals surface area contributed by atoms with Crippen molar-refractivity contribution in [3.63, 3.8) is 0 Å². The molecule has 0 aliphatic heterocycles. The fourth-order valence-corrected chi connectivity index (χ4v) is 4.34. The van der Waals surface area contributed by atoms with Gasteiger partial charge in [0.2, 0.25) is 5.91 Å². The third kappa shape index (κ3) is 5.34. The Kier molecular flexibility index (Phi) is 7.37. The van der Waals surface area contributed by atoms with Crippen molar-refractivity contribution in [1.82, 2.24) is 25.1 Å². The van der Waals surface area contributed by atoms with Gasteiger partial charge < -0.3 is 5.32 Å². The molecule has 1 amide bonds. The van der Waals surface area contributed by atoms with E-state index in [4.69, 9.17) is 0 Å². The molecular weight excluding hydrogens is 449 g/mol. The molecule has 8 heteroatoms. The van der Waals surface area contributed by atoms with Gasteiger partial charge in [-0.05, 0) is 53.8 Å². The Balaban J connectivity index is 1.57. The summed E-state index contributed by atoms with van der Waals surface area (Å²) in [5.74, 6) is 0.667. The summed E-state index contributed by atoms with van der Waals surface area (Å²) in [6.45, 7) is 6.25. The Hall–Kier alpha value is -3.52. The summed E-state index contributed by atoms with van der Waals surface area (Å²) in [5, 5.41) is 12.3. The van der Waals surface area contributed by atoms with Crippen molar-refractivity contribution < 1.29 is 9.18 Å². The van der Waals surface area contributed by atoms with Crippen LogP contribution >= 0.6 is 11.8 Å². The minimum absolute atomic E-state index is 0.156. The van der Waals surface area contributed by atoms with Crippen molar-refractivity contribution in [3.8, 4) is 17.1 Å². The molecule has 0 atom stereocenters. The van der Waals surface area contributed by atoms with Gasteiger partial charge >= 0.3 is 0 Å². The van der Waals surface area contributed by atoms with E-state index < -0.39 is 0 Å². The van der Waals surface area contributed by atoms with Crippen molar-refractivity contribution in [2.45, 2.75) is 38.4 Å². The first kappa shape index (κ1) is 23.6. The third-order valence-electron chi connectivity index (χ3n) is 5.41. The van der Waals surface area contributed by atoms with E-state index in [0.717, 1.165) is 16.8 Å². The van der Waals surface area contributed by atoms with Gasteiger partial charge in [0.05, 0.1) is 11.4 Å². The smallest absolute Gasteiger partial charge is 0.230 e. The van der Waals surface area contributed by atoms with Crippen molar-refractivity contribution in [3.05, 3.63) is 89.5 Å². The van der Waals surface area contributed by atoms with Gasteiger partial charge in [-0.25, -0.2) is 4.39 Å². The van der Waals surface area contributed by atoms with Crippen molar-refractivity contribution in [2.75, 3.05) is 5.75 Å². The first-order chi connectivity index (χ1) is 16.4. The van der Waals surface area contributed by atoms with Crippen molar-refractivity contribution in [2.24, 2.45) is 0 Å². The van der Waals surface area contributed by atoms with E-state index in [1.807, 2.05) is 41.0 Å². The Morgan fingerprint density at radius 1 is 1.12 bits per heavy atom. The van der Waals surface area contributed by atoms with E-state index in [0.29, 0.717) is 22.1 Å². The molecule has 0 spiro atoms. The second-order valence-corrected chi connectivity index (χ2v) is 9.19. The van der Waals surface area contributed by atoms with Gasteiger partial charge in [0, 0.05) is 24.5 Å². The maximum atomic E-state index is 13.8. The Labute approximate surface area is 202 Å². The van der Waals surface area contributed by atoms with Gasteiger partial charge in [0.25, 0.3) is 0 Å². The second-order valence-electron chi connectivity index (χ2n) is 8.25. The van der Waals surface area contributed by atoms with Crippen LogP contribution in [0.1, 0.15) is 36.5 Å². The van der Waals surface area contributed by atoms with Gasteiger partial charge in [-0.2, -0.15) is 0 Å². The maximum absolute atomic E-state index is 13.8. The number of carbonyl (C=O) groups is 1. The summed E-state index contributed by atoms with van der Waals surface area (Å²) < 4.78 is 15.8. The number of halogens is 1. The van der Waals surface area contributed by atoms with Crippen LogP contribution < -0.4 is 5.32 Å². The molecule has 2 aromatic carbocycles. The molecule has 0 aliphatic rings. The molecular formula is C26H26FN5OS. The minimum atomic E-state index is -0.277. The van der Waals surface area contributed by atoms with Crippen LogP contribution in [-0.2, 0) is 11.3 Å². The number of carbonyl (C=O) groups excluding carboxylic acids is 1. The number of pyridine rings is 1. The lowest BCUT2D eigenvalue weighted by Crippen LogP contribution is -2.24. The molecule has 6 nitrogen and oxygen atoms in total. The molecule has 0 saturated carbocycles. The van der Waals surface area contributed by atoms with Gasteiger partial charge in [0.1, 0.15) is 5.82 Å². The summed E-state index contributed by atoms with van der Waals surface area (Å²) in [6, 6.07) is 16.9. The number of nitrogens with one attached hydrogen (secondary N) is 1. The SMILES string of the molecule is Cc1ccc(CNC(=O)CSc2nnc(-c3cccnc3)n2-c2ccccc2C(C)C)cc1F. The monoisotopic (exact) mass is 475 g/mol. The number of nitrogens with zero attached hydrogens (tertiary/aromatic N) is 4. The molecule has 0 radical (unpaired) electrons. The van der Waals surface area contributed by atoms with Gasteiger partial charge in [-0.15, -0.1) is 10.2 Å². The molecule has 0 bridgehead atoms. The summed E-state index contributed by atoms with van der Waals surface area (Å²) in [4.78, 5) is 16.8. The third-order valence-corrected chi connectivity index (χ3v) is 6.34. The topological polar surface area (TPSA) is 72.7 Å². The van der Waals surface area contributed by atoms with Gasteiger partial charge in [-0.3, -0.25) is 14.3 Å². The highest BCUT2D eigenvalue weighted by atomic mass is 32.2. The average molecular weight is 476 g/mol. The Bertz CT molecular complexity index is 1290. The number of aromatic nitrogens is 4. The number of hydrogen-bond acceptors (Lipinski definition) is 5. The van der Waals surface area contributed by atoms with Gasteiger partial charge in [-0.1, -0.05) is 55.9 Å². The Morgan fingerprint density at radius 3 is 2.68 bits per heavy atom. The molecule has 0 saturated heterocycles. The number of aryl methyl sites for hydroxylation is 1. The predicted molar refractivity (Wildman–Crippen MR) is 132 cm³/mol. The zero-order chi connectivity index (χ0) is 24.1. The molecule has 0 unspecified atom stereocenters. The highest BCUT2D eigenvalue weighted by Gasteiger charge is 2.20. The number of rotatable bonds is 8. The van der Waals surface area contributed by atoms with Gasteiger partial charge in [0.15, 0.2) is 11.0 Å². The number of thioether (sulfide) groups is 1. The lowest BCUT2D eigenvalue weighted by molar-refractivity contribution is -0.118. The molecule has 2 aromatic heterocycles. The number of amides is 1. The van der Waals surface area contributed by atoms with E-state index in [9.17, 15) is 9.18 Å². The standard InChI is InChI=1S/C26H26FN5OS/c1-17(2)21-8-4-5-9-23(21)32-25(20-7-6-12-28-15-20)30-31-26(32)34-16-24(33)29-14-19-11-10-18(3)22(27)13-19/h4-13,15,17H,14,16H2,1-3H3,(H,29,33). The number of para-hydroxylation sites is 1. The van der Waals surface area contributed by atoms with Crippen LogP contribution in [0.2, 0.25) is 0 Å². The zero-order valence-corrected chi connectivity index (χ0v) is 20.1. The lowest BCUT2D eigenvalue weighted by Gasteiger charge is -2.16. The van der Waals surface area contributed by atoms with Crippen LogP contribution in [0, 0.1) is 12.7 Å². The van der Waals surface area contributed by atoms with Crippen molar-refractivity contribution in [1.29, 1.82) is 0 Å². The van der Waals surface area contributed by atoms with Crippen molar-refractivity contribution >= 4 is 17.7 Å². The van der Waals surface area contributed by atoms with Crippen LogP contribution in [0.4, 0.5) is 4.39 Å². The van der Waals surface area contributed by atoms with Crippen LogP contribution in [0.5, 0.6) is 0 Å². The lowest BCUT2D eigenvalue weighted by atomic mass is 10.0. The quantitative estimate of drug-likeness (QED) is 0.350. The summed E-state index contributed by atoms with van der Waals surface area (Å²) in [6.07, 6.45) is 3.46. The maximum Gasteiger partial charge on any atom is 0.230 e. The molecule has 0 fully saturated rings. The van der Waals surface area contributed by atoms with Crippen LogP contribution in [0.25, 0.3) is 17.1 Å². The first-order valence-electron chi connectivity index (χ1n) is 11.0. The molecule has 4 aromatic rings. The highest BCUT2D eigenvalue weighted by molar-refractivity contribution is 7.99. The minimum Gasteiger partial charge on any atom is -0.351 e. The predicted octanol–water partition coefficient (Wildman–Crippen LogP) is 5.31. The summed E-state index contributed by atoms with van der Waals surface area (Å²) >= 11 is 1.31. The number of benzene rings is 2. The largest absolute Gasteiger partial charge is 0.351 e. The van der Waals surface area contributed by atoms with Crippen LogP contribution in [-0.4, -0.2) is 31.4 Å². The highest BCUT2D eigenvalue weighted by Crippen LogP contribution is 2.31. The molecule has 0 aliphatic carbocycles. The molecule has 174 valence electrons. The average Bonchev–Trinajstić information content (AvgIpc) is 3.27. The van der Waals surface area contributed by atoms with Crippen LogP contribution in [0.3, 0.4) is 0 Å². The van der Waals surface area contributed by atoms with E-state index in [1.165, 1.54) is 17.8 Å². The van der Waals surface area contributed by atoms with E-state index >= 15 is 0 Å². The summed E-state index contributed by atoms with van der Waals surface area (Å²) in [5.41, 5.74) is 4.26. The van der Waals surface area contributed by atoms with E-state index in [1.54, 1.807) is 25.4 Å². The van der Waals surface area contributed by atoms with E-state index in [2.05, 4.69) is 40.4 Å². The fourth-order valence-electron chi connectivity index (χ4n) is 3.57. The summed E-state index contributed by atoms with van der Waals surface area (Å²) in [7, 11) is 0. The number of hydrogen-bond donors (Lipinski definition) is 1. The first-order valence-corrected chi connectivity index (χ1v) is 12.0. The normalized spacial score (nSPS) is 11.1. The molecule has 2 heterocycles. The fraction of sp³-hybridized carbons (Fsp3) is 0.231.